The molecular formula is C12H14N4O2. The zero-order valence-corrected chi connectivity index (χ0v) is 10.1. The van der Waals surface area contributed by atoms with Gasteiger partial charge in [0, 0.05) is 5.56 Å². The number of ether oxygens (including phenoxy) is 2. The van der Waals surface area contributed by atoms with Crippen LogP contribution in [-0.4, -0.2) is 28.4 Å². The fourth-order valence-electron chi connectivity index (χ4n) is 1.94. The standard InChI is InChI=1S/C12H14N4O2/c1-7-4-9-10(18-3-2-17-9)5-8(7)12-14-11(6-13)15-16-12/h4-5H,2-3,6,13H2,1H3,(H,14,15,16). The van der Waals surface area contributed by atoms with E-state index in [1.807, 2.05) is 19.1 Å². The number of fused-ring (bicyclic) bond motifs is 1. The lowest BCUT2D eigenvalue weighted by Gasteiger charge is -2.19. The Kier molecular flexibility index (Phi) is 2.64. The third-order valence-corrected chi connectivity index (χ3v) is 2.86. The SMILES string of the molecule is Cc1cc2c(cc1-c1n[nH]c(CN)n1)OCCO2. The number of nitrogens with one attached hydrogen (secondary N) is 1. The van der Waals surface area contributed by atoms with Crippen molar-refractivity contribution in [1.82, 2.24) is 15.2 Å². The van der Waals surface area contributed by atoms with Crippen LogP contribution in [0.4, 0.5) is 0 Å². The summed E-state index contributed by atoms with van der Waals surface area (Å²) in [6.07, 6.45) is 0. The molecule has 6 nitrogen and oxygen atoms in total. The molecule has 0 saturated heterocycles. The highest BCUT2D eigenvalue weighted by Crippen LogP contribution is 2.36. The molecule has 0 aliphatic carbocycles. The van der Waals surface area contributed by atoms with Crippen molar-refractivity contribution in [2.45, 2.75) is 13.5 Å². The van der Waals surface area contributed by atoms with Gasteiger partial charge in [0.2, 0.25) is 0 Å². The number of nitrogens with zero attached hydrogens (tertiary/aromatic N) is 2. The highest BCUT2D eigenvalue weighted by Gasteiger charge is 2.17. The third kappa shape index (κ3) is 1.80. The Hall–Kier alpha value is -2.08. The minimum Gasteiger partial charge on any atom is -0.486 e. The van der Waals surface area contributed by atoms with Crippen molar-refractivity contribution < 1.29 is 9.47 Å². The van der Waals surface area contributed by atoms with Gasteiger partial charge in [0.15, 0.2) is 17.3 Å². The molecule has 0 saturated carbocycles. The molecule has 2 heterocycles. The molecule has 3 N–H and O–H groups in total. The summed E-state index contributed by atoms with van der Waals surface area (Å²) in [6.45, 7) is 3.49. The van der Waals surface area contributed by atoms with Crippen molar-refractivity contribution in [1.29, 1.82) is 0 Å². The monoisotopic (exact) mass is 246 g/mol. The van der Waals surface area contributed by atoms with E-state index in [2.05, 4.69) is 15.2 Å². The van der Waals surface area contributed by atoms with Crippen molar-refractivity contribution in [3.05, 3.63) is 23.5 Å². The molecule has 1 aromatic carbocycles. The third-order valence-electron chi connectivity index (χ3n) is 2.86. The van der Waals surface area contributed by atoms with Crippen molar-refractivity contribution in [3.8, 4) is 22.9 Å². The summed E-state index contributed by atoms with van der Waals surface area (Å²) in [6, 6.07) is 3.86. The molecule has 3 rings (SSSR count). The minimum absolute atomic E-state index is 0.344. The van der Waals surface area contributed by atoms with Crippen LogP contribution >= 0.6 is 0 Å². The molecule has 94 valence electrons. The molecule has 0 atom stereocenters. The molecule has 0 unspecified atom stereocenters. The number of H-pyrrole nitrogens is 1. The first-order valence-electron chi connectivity index (χ1n) is 5.80. The molecule has 0 amide bonds. The van der Waals surface area contributed by atoms with Crippen LogP contribution in [0.5, 0.6) is 11.5 Å². The minimum atomic E-state index is 0.344. The predicted octanol–water partition coefficient (Wildman–Crippen LogP) is 1.01. The van der Waals surface area contributed by atoms with Crippen LogP contribution in [0.15, 0.2) is 12.1 Å². The van der Waals surface area contributed by atoms with Crippen LogP contribution in [0.1, 0.15) is 11.4 Å². The Morgan fingerprint density at radius 1 is 1.28 bits per heavy atom. The molecule has 0 bridgehead atoms. The maximum Gasteiger partial charge on any atom is 0.181 e. The van der Waals surface area contributed by atoms with Crippen LogP contribution in [0.2, 0.25) is 0 Å². The summed E-state index contributed by atoms with van der Waals surface area (Å²) in [7, 11) is 0. The Balaban J connectivity index is 2.06. The Morgan fingerprint density at radius 2 is 2.00 bits per heavy atom. The van der Waals surface area contributed by atoms with Crippen LogP contribution in [0, 0.1) is 6.92 Å². The summed E-state index contributed by atoms with van der Waals surface area (Å²) in [5.41, 5.74) is 7.48. The number of aromatic nitrogens is 3. The molecular weight excluding hydrogens is 232 g/mol. The van der Waals surface area contributed by atoms with Gasteiger partial charge in [0.05, 0.1) is 6.54 Å². The molecule has 18 heavy (non-hydrogen) atoms. The second-order valence-electron chi connectivity index (χ2n) is 4.12. The van der Waals surface area contributed by atoms with Gasteiger partial charge in [-0.05, 0) is 24.6 Å². The van der Waals surface area contributed by atoms with Gasteiger partial charge in [0.1, 0.15) is 19.0 Å². The molecule has 0 fully saturated rings. The first kappa shape index (κ1) is 11.0. The molecule has 2 aromatic rings. The van der Waals surface area contributed by atoms with Crippen LogP contribution in [0.3, 0.4) is 0 Å². The van der Waals surface area contributed by atoms with Gasteiger partial charge in [-0.25, -0.2) is 4.98 Å². The molecule has 6 heteroatoms. The normalized spacial score (nSPS) is 13.7. The summed E-state index contributed by atoms with van der Waals surface area (Å²) >= 11 is 0. The van der Waals surface area contributed by atoms with Gasteiger partial charge in [-0.3, -0.25) is 5.10 Å². The number of aryl methyl sites for hydroxylation is 1. The predicted molar refractivity (Wildman–Crippen MR) is 65.4 cm³/mol. The first-order valence-corrected chi connectivity index (χ1v) is 5.80. The van der Waals surface area contributed by atoms with Crippen LogP contribution in [0.25, 0.3) is 11.4 Å². The molecule has 1 aliphatic rings. The number of nitrogens with two attached hydrogens (primary N) is 1. The van der Waals surface area contributed by atoms with Gasteiger partial charge in [0.25, 0.3) is 0 Å². The maximum absolute atomic E-state index is 5.56. The van der Waals surface area contributed by atoms with Gasteiger partial charge >= 0.3 is 0 Å². The summed E-state index contributed by atoms with van der Waals surface area (Å²) < 4.78 is 11.1. The van der Waals surface area contributed by atoms with Crippen molar-refractivity contribution >= 4 is 0 Å². The Morgan fingerprint density at radius 3 is 2.67 bits per heavy atom. The Bertz CT molecular complexity index is 579. The smallest absolute Gasteiger partial charge is 0.181 e. The summed E-state index contributed by atoms with van der Waals surface area (Å²) in [4.78, 5) is 4.32. The average Bonchev–Trinajstić information content (AvgIpc) is 2.86. The molecule has 1 aromatic heterocycles. The molecule has 0 spiro atoms. The molecule has 0 radical (unpaired) electrons. The van der Waals surface area contributed by atoms with E-state index in [9.17, 15) is 0 Å². The number of hydrogen-bond donors (Lipinski definition) is 2. The fourth-order valence-corrected chi connectivity index (χ4v) is 1.94. The van der Waals surface area contributed by atoms with Crippen molar-refractivity contribution in [2.75, 3.05) is 13.2 Å². The number of aromatic amines is 1. The van der Waals surface area contributed by atoms with Gasteiger partial charge < -0.3 is 15.2 Å². The van der Waals surface area contributed by atoms with Gasteiger partial charge in [-0.2, -0.15) is 5.10 Å². The highest BCUT2D eigenvalue weighted by molar-refractivity contribution is 5.65. The first-order chi connectivity index (χ1) is 8.78. The molecule has 1 aliphatic heterocycles. The average molecular weight is 246 g/mol. The van der Waals surface area contributed by atoms with Crippen LogP contribution < -0.4 is 15.2 Å². The zero-order chi connectivity index (χ0) is 12.5. The van der Waals surface area contributed by atoms with E-state index in [1.54, 1.807) is 0 Å². The Labute approximate surface area is 104 Å². The van der Waals surface area contributed by atoms with Gasteiger partial charge in [-0.1, -0.05) is 0 Å². The maximum atomic E-state index is 5.56. The van der Waals surface area contributed by atoms with Crippen LogP contribution in [-0.2, 0) is 6.54 Å². The van der Waals surface area contributed by atoms with Gasteiger partial charge in [-0.15, -0.1) is 0 Å². The van der Waals surface area contributed by atoms with Crippen molar-refractivity contribution in [2.24, 2.45) is 5.73 Å². The van der Waals surface area contributed by atoms with E-state index in [0.717, 1.165) is 22.6 Å². The summed E-state index contributed by atoms with van der Waals surface area (Å²) in [5.74, 6) is 2.81. The van der Waals surface area contributed by atoms with E-state index in [4.69, 9.17) is 15.2 Å². The number of rotatable bonds is 2. The largest absolute Gasteiger partial charge is 0.486 e. The second kappa shape index (κ2) is 4.30. The van der Waals surface area contributed by atoms with E-state index < -0.39 is 0 Å². The highest BCUT2D eigenvalue weighted by atomic mass is 16.6. The van der Waals surface area contributed by atoms with E-state index in [0.29, 0.717) is 31.4 Å². The second-order valence-corrected chi connectivity index (χ2v) is 4.12. The zero-order valence-electron chi connectivity index (χ0n) is 10.1. The van der Waals surface area contributed by atoms with E-state index >= 15 is 0 Å². The quantitative estimate of drug-likeness (QED) is 0.825. The summed E-state index contributed by atoms with van der Waals surface area (Å²) in [5, 5.41) is 6.96. The lowest BCUT2D eigenvalue weighted by Crippen LogP contribution is -2.15. The van der Waals surface area contributed by atoms with Crippen molar-refractivity contribution in [3.63, 3.8) is 0 Å². The topological polar surface area (TPSA) is 86.1 Å². The van der Waals surface area contributed by atoms with E-state index in [-0.39, 0.29) is 0 Å². The lowest BCUT2D eigenvalue weighted by molar-refractivity contribution is 0.171. The number of benzene rings is 1. The van der Waals surface area contributed by atoms with E-state index in [1.165, 1.54) is 0 Å². The fraction of sp³-hybridized carbons (Fsp3) is 0.333. The lowest BCUT2D eigenvalue weighted by atomic mass is 10.1. The number of hydrogen-bond acceptors (Lipinski definition) is 5.